The minimum atomic E-state index is -4.73. The fraction of sp³-hybridized carbons (Fsp3) is 0.286. The van der Waals surface area contributed by atoms with Crippen molar-refractivity contribution < 1.29 is 22.7 Å². The second-order valence-electron chi connectivity index (χ2n) is 4.58. The van der Waals surface area contributed by atoms with Gasteiger partial charge in [-0.05, 0) is 38.1 Å². The zero-order valence-electron chi connectivity index (χ0n) is 12.2. The quantitative estimate of drug-likeness (QED) is 0.798. The summed E-state index contributed by atoms with van der Waals surface area (Å²) in [6.07, 6.45) is -4.73. The number of aromatic nitrogens is 1. The molecule has 1 N–H and O–H groups in total. The van der Waals surface area contributed by atoms with Crippen LogP contribution < -0.4 is 10.1 Å². The van der Waals surface area contributed by atoms with Crippen LogP contribution in [0.4, 0.5) is 18.9 Å². The summed E-state index contributed by atoms with van der Waals surface area (Å²) >= 11 is 2.78. The number of nitrogens with zero attached hydrogens (tertiary/aromatic N) is 1. The first-order chi connectivity index (χ1) is 10.7. The highest BCUT2D eigenvalue weighted by Crippen LogP contribution is 2.28. The van der Waals surface area contributed by atoms with Gasteiger partial charge in [0, 0.05) is 16.8 Å². The van der Waals surface area contributed by atoms with E-state index in [2.05, 4.69) is 15.0 Å². The van der Waals surface area contributed by atoms with Crippen LogP contribution in [0.2, 0.25) is 0 Å². The number of thiazole rings is 1. The summed E-state index contributed by atoms with van der Waals surface area (Å²) in [5.74, 6) is -0.594. The van der Waals surface area contributed by atoms with Gasteiger partial charge in [-0.2, -0.15) is 0 Å². The van der Waals surface area contributed by atoms with Crippen LogP contribution in [0.15, 0.2) is 34.0 Å². The molecule has 1 heterocycles. The molecule has 0 aliphatic heterocycles. The molecular formula is C14H13F3N2O2S2. The maximum absolute atomic E-state index is 12.1. The number of thioether (sulfide) groups is 1. The van der Waals surface area contributed by atoms with Crippen molar-refractivity contribution in [3.63, 3.8) is 0 Å². The number of hydrogen-bond donors (Lipinski definition) is 1. The normalized spacial score (nSPS) is 12.7. The van der Waals surface area contributed by atoms with Crippen molar-refractivity contribution in [2.45, 2.75) is 29.8 Å². The molecule has 1 aromatic heterocycles. The second kappa shape index (κ2) is 7.22. The summed E-state index contributed by atoms with van der Waals surface area (Å²) in [4.78, 5) is 16.3. The van der Waals surface area contributed by atoms with Crippen LogP contribution in [-0.2, 0) is 4.79 Å². The van der Waals surface area contributed by atoms with Crippen LogP contribution in [0.5, 0.6) is 5.75 Å². The molecule has 0 bridgehead atoms. The van der Waals surface area contributed by atoms with E-state index < -0.39 is 6.36 Å². The monoisotopic (exact) mass is 362 g/mol. The lowest BCUT2D eigenvalue weighted by Crippen LogP contribution is -2.22. The largest absolute Gasteiger partial charge is 0.573 e. The number of benzene rings is 1. The molecule has 9 heteroatoms. The Bertz CT molecular complexity index is 671. The molecule has 0 radical (unpaired) electrons. The Morgan fingerprint density at radius 3 is 2.52 bits per heavy atom. The van der Waals surface area contributed by atoms with Gasteiger partial charge in [-0.25, -0.2) is 4.98 Å². The second-order valence-corrected chi connectivity index (χ2v) is 7.02. The van der Waals surface area contributed by atoms with Gasteiger partial charge in [-0.15, -0.1) is 24.5 Å². The van der Waals surface area contributed by atoms with E-state index in [9.17, 15) is 18.0 Å². The Morgan fingerprint density at radius 2 is 2.00 bits per heavy atom. The van der Waals surface area contributed by atoms with E-state index in [0.717, 1.165) is 22.2 Å². The Hall–Kier alpha value is -1.74. The Kier molecular flexibility index (Phi) is 5.53. The topological polar surface area (TPSA) is 51.2 Å². The number of carbonyl (C=O) groups is 1. The molecular weight excluding hydrogens is 349 g/mol. The number of carbonyl (C=O) groups excluding carboxylic acids is 1. The average Bonchev–Trinajstić information content (AvgIpc) is 2.84. The Labute approximate surface area is 139 Å². The summed E-state index contributed by atoms with van der Waals surface area (Å²) in [6, 6.07) is 4.99. The van der Waals surface area contributed by atoms with E-state index in [1.807, 2.05) is 12.3 Å². The molecule has 0 saturated heterocycles. The van der Waals surface area contributed by atoms with Crippen molar-refractivity contribution >= 4 is 34.7 Å². The predicted octanol–water partition coefficient (Wildman–Crippen LogP) is 4.47. The lowest BCUT2D eigenvalue weighted by atomic mass is 10.3. The third-order valence-electron chi connectivity index (χ3n) is 2.60. The lowest BCUT2D eigenvalue weighted by Gasteiger charge is -2.12. The smallest absolute Gasteiger partial charge is 0.406 e. The SMILES string of the molecule is Cc1csc(SC(C)C(=O)Nc2ccc(OC(F)(F)F)cc2)n1. The van der Waals surface area contributed by atoms with Crippen LogP contribution in [-0.4, -0.2) is 22.5 Å². The Morgan fingerprint density at radius 1 is 1.35 bits per heavy atom. The molecule has 1 atom stereocenters. The van der Waals surface area contributed by atoms with Crippen LogP contribution in [0.1, 0.15) is 12.6 Å². The van der Waals surface area contributed by atoms with Crippen molar-refractivity contribution in [2.75, 3.05) is 5.32 Å². The van der Waals surface area contributed by atoms with E-state index in [-0.39, 0.29) is 16.9 Å². The highest BCUT2D eigenvalue weighted by molar-refractivity contribution is 8.02. The van der Waals surface area contributed by atoms with Crippen LogP contribution >= 0.6 is 23.1 Å². The van der Waals surface area contributed by atoms with Gasteiger partial charge < -0.3 is 10.1 Å². The van der Waals surface area contributed by atoms with E-state index in [4.69, 9.17) is 0 Å². The van der Waals surface area contributed by atoms with Gasteiger partial charge in [0.15, 0.2) is 4.34 Å². The number of nitrogens with one attached hydrogen (secondary N) is 1. The number of aryl methyl sites for hydroxylation is 1. The van der Waals surface area contributed by atoms with E-state index in [1.54, 1.807) is 6.92 Å². The third-order valence-corrected chi connectivity index (χ3v) is 4.79. The first-order valence-corrected chi connectivity index (χ1v) is 8.24. The molecule has 4 nitrogen and oxygen atoms in total. The number of amides is 1. The highest BCUT2D eigenvalue weighted by Gasteiger charge is 2.31. The molecule has 0 saturated carbocycles. The van der Waals surface area contributed by atoms with Gasteiger partial charge >= 0.3 is 6.36 Å². The van der Waals surface area contributed by atoms with E-state index in [1.165, 1.54) is 35.2 Å². The molecule has 2 aromatic rings. The molecule has 0 fully saturated rings. The maximum atomic E-state index is 12.1. The number of ether oxygens (including phenoxy) is 1. The third kappa shape index (κ3) is 5.76. The Balaban J connectivity index is 1.91. The average molecular weight is 362 g/mol. The first kappa shape index (κ1) is 17.6. The standard InChI is InChI=1S/C14H13F3N2O2S2/c1-8-7-22-13(18-8)23-9(2)12(20)19-10-3-5-11(6-4-10)21-14(15,16)17/h3-7,9H,1-2H3,(H,19,20). The summed E-state index contributed by atoms with van der Waals surface area (Å²) in [6.45, 7) is 3.60. The summed E-state index contributed by atoms with van der Waals surface area (Å²) < 4.78 is 40.8. The highest BCUT2D eigenvalue weighted by atomic mass is 32.2. The zero-order valence-corrected chi connectivity index (χ0v) is 13.8. The minimum absolute atomic E-state index is 0.257. The molecule has 0 aliphatic rings. The molecule has 1 unspecified atom stereocenters. The number of anilines is 1. The molecule has 1 amide bonds. The zero-order chi connectivity index (χ0) is 17.0. The summed E-state index contributed by atoms with van der Waals surface area (Å²) in [5, 5.41) is 4.15. The molecule has 0 spiro atoms. The molecule has 0 aliphatic carbocycles. The molecule has 23 heavy (non-hydrogen) atoms. The fourth-order valence-electron chi connectivity index (χ4n) is 1.58. The van der Waals surface area contributed by atoms with Crippen molar-refractivity contribution in [3.05, 3.63) is 35.3 Å². The minimum Gasteiger partial charge on any atom is -0.406 e. The molecule has 2 rings (SSSR count). The molecule has 124 valence electrons. The summed E-state index contributed by atoms with van der Waals surface area (Å²) in [5.41, 5.74) is 1.29. The molecule has 1 aromatic carbocycles. The van der Waals surface area contributed by atoms with Gasteiger partial charge in [0.2, 0.25) is 5.91 Å². The van der Waals surface area contributed by atoms with Crippen LogP contribution in [0.25, 0.3) is 0 Å². The van der Waals surface area contributed by atoms with Crippen molar-refractivity contribution in [3.8, 4) is 5.75 Å². The number of hydrogen-bond acceptors (Lipinski definition) is 5. The fourth-order valence-corrected chi connectivity index (χ4v) is 3.56. The number of halogens is 3. The van der Waals surface area contributed by atoms with Crippen molar-refractivity contribution in [1.29, 1.82) is 0 Å². The maximum Gasteiger partial charge on any atom is 0.573 e. The lowest BCUT2D eigenvalue weighted by molar-refractivity contribution is -0.274. The van der Waals surface area contributed by atoms with Crippen molar-refractivity contribution in [1.82, 2.24) is 4.98 Å². The van der Waals surface area contributed by atoms with Gasteiger partial charge in [0.05, 0.1) is 5.25 Å². The van der Waals surface area contributed by atoms with Gasteiger partial charge in [-0.1, -0.05) is 11.8 Å². The van der Waals surface area contributed by atoms with Crippen molar-refractivity contribution in [2.24, 2.45) is 0 Å². The van der Waals surface area contributed by atoms with E-state index >= 15 is 0 Å². The first-order valence-electron chi connectivity index (χ1n) is 6.48. The van der Waals surface area contributed by atoms with E-state index in [0.29, 0.717) is 5.69 Å². The van der Waals surface area contributed by atoms with Gasteiger partial charge in [-0.3, -0.25) is 4.79 Å². The van der Waals surface area contributed by atoms with Crippen LogP contribution in [0, 0.1) is 6.92 Å². The van der Waals surface area contributed by atoms with Gasteiger partial charge in [0.25, 0.3) is 0 Å². The number of alkyl halides is 3. The predicted molar refractivity (Wildman–Crippen MR) is 83.9 cm³/mol. The van der Waals surface area contributed by atoms with Gasteiger partial charge in [0.1, 0.15) is 5.75 Å². The summed E-state index contributed by atoms with van der Waals surface area (Å²) in [7, 11) is 0. The van der Waals surface area contributed by atoms with Crippen LogP contribution in [0.3, 0.4) is 0 Å². The number of rotatable bonds is 5.